The second-order valence-electron chi connectivity index (χ2n) is 9.55. The van der Waals surface area contributed by atoms with E-state index < -0.39 is 18.3 Å². The number of anilines is 1. The molecule has 4 aromatic rings. The van der Waals surface area contributed by atoms with Crippen LogP contribution in [0.2, 0.25) is 0 Å². The highest BCUT2D eigenvalue weighted by atomic mass is 19.1. The zero-order chi connectivity index (χ0) is 22.7. The molecule has 2 bridgehead atoms. The van der Waals surface area contributed by atoms with Crippen LogP contribution < -0.4 is 5.32 Å². The van der Waals surface area contributed by atoms with E-state index in [9.17, 15) is 13.2 Å². The fourth-order valence-corrected chi connectivity index (χ4v) is 6.07. The molecule has 0 aliphatic heterocycles. The van der Waals surface area contributed by atoms with Gasteiger partial charge < -0.3 is 14.9 Å². The summed E-state index contributed by atoms with van der Waals surface area (Å²) in [5.41, 5.74) is 1.33. The molecule has 8 heteroatoms. The Morgan fingerprint density at radius 2 is 1.88 bits per heavy atom. The van der Waals surface area contributed by atoms with Crippen molar-refractivity contribution in [3.63, 3.8) is 0 Å². The highest BCUT2D eigenvalue weighted by Gasteiger charge is 2.41. The van der Waals surface area contributed by atoms with Gasteiger partial charge >= 0.3 is 0 Å². The molecule has 7 rings (SSSR count). The fraction of sp³-hybridized carbons (Fsp3) is 0.440. The molecule has 172 valence electrons. The van der Waals surface area contributed by atoms with Crippen molar-refractivity contribution < 1.29 is 13.2 Å². The molecule has 3 saturated carbocycles. The maximum atomic E-state index is 14.3. The first-order valence-corrected chi connectivity index (χ1v) is 11.7. The highest BCUT2D eigenvalue weighted by Crippen LogP contribution is 2.46. The summed E-state index contributed by atoms with van der Waals surface area (Å²) in [6, 6.07) is 4.36. The van der Waals surface area contributed by atoms with Crippen molar-refractivity contribution in [2.75, 3.05) is 12.0 Å². The van der Waals surface area contributed by atoms with E-state index in [1.165, 1.54) is 31.7 Å². The third-order valence-corrected chi connectivity index (χ3v) is 7.83. The number of alkyl halides is 1. The van der Waals surface area contributed by atoms with Gasteiger partial charge in [0.15, 0.2) is 5.82 Å². The van der Waals surface area contributed by atoms with Gasteiger partial charge in [-0.2, -0.15) is 0 Å². The van der Waals surface area contributed by atoms with Gasteiger partial charge in [0.2, 0.25) is 0 Å². The molecule has 2 N–H and O–H groups in total. The lowest BCUT2D eigenvalue weighted by atomic mass is 9.62. The summed E-state index contributed by atoms with van der Waals surface area (Å²) in [5, 5.41) is 4.93. The Kier molecular flexibility index (Phi) is 4.85. The average Bonchev–Trinajstić information content (AvgIpc) is 3.41. The molecule has 0 amide bonds. The molecule has 0 saturated heterocycles. The number of aryl methyl sites for hydroxylation is 1. The minimum Gasteiger partial charge on any atom is -0.366 e. The van der Waals surface area contributed by atoms with Crippen LogP contribution in [-0.2, 0) is 6.54 Å². The number of hydrogen-bond acceptors (Lipinski definition) is 3. The molecule has 33 heavy (non-hydrogen) atoms. The van der Waals surface area contributed by atoms with E-state index in [0.29, 0.717) is 46.1 Å². The van der Waals surface area contributed by atoms with Crippen LogP contribution in [0.15, 0.2) is 30.6 Å². The number of nitrogens with zero attached hydrogens (tertiary/aromatic N) is 3. The normalized spacial score (nSPS) is 24.7. The second-order valence-corrected chi connectivity index (χ2v) is 9.55. The maximum absolute atomic E-state index is 14.3. The largest absolute Gasteiger partial charge is 0.366 e. The first kappa shape index (κ1) is 20.6. The van der Waals surface area contributed by atoms with Gasteiger partial charge in [-0.1, -0.05) is 6.92 Å². The summed E-state index contributed by atoms with van der Waals surface area (Å²) in [6.45, 7) is 1.98. The molecule has 3 aliphatic rings. The molecule has 3 aromatic heterocycles. The molecule has 0 spiro atoms. The molecule has 2 atom stereocenters. The summed E-state index contributed by atoms with van der Waals surface area (Å²) < 4.78 is 43.3. The van der Waals surface area contributed by atoms with Gasteiger partial charge in [0, 0.05) is 35.5 Å². The SMILES string of the molecule is C[C@H]1C2CCC(CC2)[C@@H]1Nc1nc(-c2c[nH]c3c(F)cc(F)cc23)nc2c1ccn2CCF. The average molecular weight is 454 g/mol. The number of rotatable bonds is 5. The Morgan fingerprint density at radius 3 is 2.64 bits per heavy atom. The van der Waals surface area contributed by atoms with E-state index in [1.54, 1.807) is 10.8 Å². The van der Waals surface area contributed by atoms with Crippen molar-refractivity contribution in [2.45, 2.75) is 45.2 Å². The highest BCUT2D eigenvalue weighted by molar-refractivity contribution is 5.96. The standard InChI is InChI=1S/C25H26F3N5/c1-13-14-2-4-15(5-3-14)21(13)30-23-17-6-8-33(9-7-26)25(17)32-24(31-23)19-12-29-22-18(19)10-16(27)11-20(22)28/h6,8,10-15,21,29H,2-5,7,9H2,1H3,(H,30,31,32)/t13-,14?,15?,21+/m0/s1. The molecule has 3 heterocycles. The van der Waals surface area contributed by atoms with Crippen LogP contribution in [0.1, 0.15) is 32.6 Å². The lowest BCUT2D eigenvalue weighted by Crippen LogP contribution is -2.47. The Balaban J connectivity index is 1.50. The van der Waals surface area contributed by atoms with E-state index >= 15 is 0 Å². The zero-order valence-electron chi connectivity index (χ0n) is 18.4. The van der Waals surface area contributed by atoms with Crippen molar-refractivity contribution in [3.05, 3.63) is 42.2 Å². The summed E-state index contributed by atoms with van der Waals surface area (Å²) in [5.74, 6) is 1.59. The van der Waals surface area contributed by atoms with E-state index in [0.717, 1.165) is 17.4 Å². The van der Waals surface area contributed by atoms with Crippen molar-refractivity contribution >= 4 is 27.8 Å². The number of aromatic nitrogens is 4. The van der Waals surface area contributed by atoms with Gasteiger partial charge in [-0.15, -0.1) is 0 Å². The van der Waals surface area contributed by atoms with Gasteiger partial charge in [0.1, 0.15) is 29.8 Å². The number of halogens is 3. The second kappa shape index (κ2) is 7.78. The van der Waals surface area contributed by atoms with Gasteiger partial charge in [-0.05, 0) is 55.6 Å². The Morgan fingerprint density at radius 1 is 1.09 bits per heavy atom. The van der Waals surface area contributed by atoms with Gasteiger partial charge in [-0.25, -0.2) is 23.1 Å². The summed E-state index contributed by atoms with van der Waals surface area (Å²) in [6.07, 6.45) is 8.43. The molecule has 3 aliphatic carbocycles. The van der Waals surface area contributed by atoms with E-state index in [4.69, 9.17) is 9.97 Å². The topological polar surface area (TPSA) is 58.5 Å². The Bertz CT molecular complexity index is 1330. The van der Waals surface area contributed by atoms with E-state index in [-0.39, 0.29) is 12.1 Å². The summed E-state index contributed by atoms with van der Waals surface area (Å²) in [4.78, 5) is 12.4. The molecular formula is C25H26F3N5. The number of hydrogen-bond donors (Lipinski definition) is 2. The Hall–Kier alpha value is -3.03. The number of aromatic amines is 1. The van der Waals surface area contributed by atoms with Crippen LogP contribution in [0.4, 0.5) is 19.0 Å². The van der Waals surface area contributed by atoms with Crippen LogP contribution in [0.3, 0.4) is 0 Å². The monoisotopic (exact) mass is 453 g/mol. The van der Waals surface area contributed by atoms with Crippen LogP contribution in [0.25, 0.3) is 33.3 Å². The molecule has 5 nitrogen and oxygen atoms in total. The van der Waals surface area contributed by atoms with Crippen molar-refractivity contribution in [2.24, 2.45) is 17.8 Å². The van der Waals surface area contributed by atoms with Crippen LogP contribution in [0.5, 0.6) is 0 Å². The third kappa shape index (κ3) is 3.30. The molecule has 0 unspecified atom stereocenters. The minimum atomic E-state index is -0.663. The molecular weight excluding hydrogens is 427 g/mol. The van der Waals surface area contributed by atoms with Crippen LogP contribution >= 0.6 is 0 Å². The van der Waals surface area contributed by atoms with E-state index in [2.05, 4.69) is 17.2 Å². The lowest BCUT2D eigenvalue weighted by molar-refractivity contribution is 0.0929. The summed E-state index contributed by atoms with van der Waals surface area (Å²) >= 11 is 0. The quantitative estimate of drug-likeness (QED) is 0.386. The number of fused-ring (bicyclic) bond motifs is 5. The Labute approximate surface area is 189 Å². The summed E-state index contributed by atoms with van der Waals surface area (Å²) in [7, 11) is 0. The maximum Gasteiger partial charge on any atom is 0.166 e. The third-order valence-electron chi connectivity index (χ3n) is 7.83. The number of H-pyrrole nitrogens is 1. The minimum absolute atomic E-state index is 0.182. The van der Waals surface area contributed by atoms with E-state index in [1.807, 2.05) is 12.3 Å². The first-order chi connectivity index (χ1) is 16.0. The predicted molar refractivity (Wildman–Crippen MR) is 123 cm³/mol. The molecule has 0 radical (unpaired) electrons. The van der Waals surface area contributed by atoms with Crippen molar-refractivity contribution in [1.29, 1.82) is 0 Å². The number of nitrogens with one attached hydrogen (secondary N) is 2. The molecule has 3 fully saturated rings. The van der Waals surface area contributed by atoms with Crippen LogP contribution in [-0.4, -0.2) is 32.2 Å². The van der Waals surface area contributed by atoms with Gasteiger partial charge in [-0.3, -0.25) is 0 Å². The van der Waals surface area contributed by atoms with Crippen molar-refractivity contribution in [3.8, 4) is 11.4 Å². The van der Waals surface area contributed by atoms with Crippen molar-refractivity contribution in [1.82, 2.24) is 19.5 Å². The predicted octanol–water partition coefficient (Wildman–Crippen LogP) is 6.06. The lowest BCUT2D eigenvalue weighted by Gasteiger charge is -2.47. The van der Waals surface area contributed by atoms with Gasteiger partial charge in [0.05, 0.1) is 17.4 Å². The molecule has 1 aromatic carbocycles. The fourth-order valence-electron chi connectivity index (χ4n) is 6.07. The first-order valence-electron chi connectivity index (χ1n) is 11.7. The van der Waals surface area contributed by atoms with Gasteiger partial charge in [0.25, 0.3) is 0 Å². The number of benzene rings is 1. The zero-order valence-corrected chi connectivity index (χ0v) is 18.4. The smallest absolute Gasteiger partial charge is 0.166 e. The van der Waals surface area contributed by atoms with Crippen LogP contribution in [0, 0.1) is 29.4 Å².